The molecule has 1 rings (SSSR count). The van der Waals surface area contributed by atoms with Crippen LogP contribution in [0, 0.1) is 0 Å². The van der Waals surface area contributed by atoms with Gasteiger partial charge in [0.15, 0.2) is 0 Å². The van der Waals surface area contributed by atoms with Crippen LogP contribution in [-0.4, -0.2) is 6.72 Å². The lowest BCUT2D eigenvalue weighted by molar-refractivity contribution is 0.224. The van der Waals surface area contributed by atoms with Crippen LogP contribution in [0.2, 0.25) is 0 Å². The number of rotatable bonds is 2. The molecule has 0 unspecified atom stereocenters. The van der Waals surface area contributed by atoms with Gasteiger partial charge in [0.05, 0.1) is 0 Å². The number of nitrogens with zero attached hydrogens (tertiary/aromatic N) is 1. The van der Waals surface area contributed by atoms with Gasteiger partial charge in [-0.25, -0.2) is 0 Å². The van der Waals surface area contributed by atoms with Gasteiger partial charge in [0.2, 0.25) is 0 Å². The molecule has 0 atom stereocenters. The molecule has 0 bridgehead atoms. The van der Waals surface area contributed by atoms with Crippen LogP contribution in [0.3, 0.4) is 0 Å². The maximum Gasteiger partial charge on any atom is 0.131 e. The summed E-state index contributed by atoms with van der Waals surface area (Å²) in [6.07, 6.45) is 5.41. The maximum absolute atomic E-state index is 4.78. The van der Waals surface area contributed by atoms with Crippen molar-refractivity contribution in [1.82, 2.24) is 0 Å². The first-order valence-corrected chi connectivity index (χ1v) is 2.75. The van der Waals surface area contributed by atoms with Gasteiger partial charge in [-0.2, -0.15) is 0 Å². The molecular formula is C6H9NO. The van der Waals surface area contributed by atoms with Crippen molar-refractivity contribution in [2.75, 3.05) is 0 Å². The van der Waals surface area contributed by atoms with Gasteiger partial charge in [0.1, 0.15) is 5.76 Å². The van der Waals surface area contributed by atoms with E-state index in [0.717, 1.165) is 18.6 Å². The smallest absolute Gasteiger partial charge is 0.131 e. The van der Waals surface area contributed by atoms with Gasteiger partial charge in [-0.3, -0.25) is 0 Å². The highest BCUT2D eigenvalue weighted by Crippen LogP contribution is 2.17. The predicted molar refractivity (Wildman–Crippen MR) is 32.6 cm³/mol. The molecule has 0 saturated heterocycles. The SMILES string of the molecule is C=NOC1=CCCC1. The van der Waals surface area contributed by atoms with Crippen molar-refractivity contribution in [1.29, 1.82) is 0 Å². The van der Waals surface area contributed by atoms with E-state index in [4.69, 9.17) is 4.84 Å². The highest BCUT2D eigenvalue weighted by molar-refractivity contribution is 5.21. The summed E-state index contributed by atoms with van der Waals surface area (Å²) in [5, 5.41) is 3.30. The molecule has 1 aliphatic rings. The molecule has 0 spiro atoms. The summed E-state index contributed by atoms with van der Waals surface area (Å²) >= 11 is 0. The third-order valence-corrected chi connectivity index (χ3v) is 1.18. The van der Waals surface area contributed by atoms with Crippen LogP contribution in [-0.2, 0) is 4.84 Å². The second-order valence-electron chi connectivity index (χ2n) is 1.78. The minimum Gasteiger partial charge on any atom is -0.362 e. The fourth-order valence-corrected chi connectivity index (χ4v) is 0.807. The molecule has 2 nitrogen and oxygen atoms in total. The van der Waals surface area contributed by atoms with Gasteiger partial charge >= 0.3 is 0 Å². The Hall–Kier alpha value is -0.790. The van der Waals surface area contributed by atoms with Crippen molar-refractivity contribution in [2.24, 2.45) is 5.16 Å². The van der Waals surface area contributed by atoms with E-state index >= 15 is 0 Å². The number of allylic oxidation sites excluding steroid dienone is 2. The summed E-state index contributed by atoms with van der Waals surface area (Å²) in [5.41, 5.74) is 0. The molecule has 0 aromatic rings. The average Bonchev–Trinajstić information content (AvgIpc) is 2.19. The highest BCUT2D eigenvalue weighted by atomic mass is 16.6. The van der Waals surface area contributed by atoms with E-state index in [2.05, 4.69) is 17.9 Å². The summed E-state index contributed by atoms with van der Waals surface area (Å²) in [6, 6.07) is 0. The lowest BCUT2D eigenvalue weighted by Crippen LogP contribution is -1.76. The minimum absolute atomic E-state index is 0.972. The van der Waals surface area contributed by atoms with Gasteiger partial charge in [0.25, 0.3) is 0 Å². The number of oxime groups is 1. The van der Waals surface area contributed by atoms with Crippen LogP contribution in [0.1, 0.15) is 19.3 Å². The van der Waals surface area contributed by atoms with E-state index < -0.39 is 0 Å². The third kappa shape index (κ3) is 1.09. The molecule has 0 amide bonds. The van der Waals surface area contributed by atoms with Crippen LogP contribution in [0.5, 0.6) is 0 Å². The van der Waals surface area contributed by atoms with E-state index in [1.165, 1.54) is 6.42 Å². The largest absolute Gasteiger partial charge is 0.362 e. The maximum atomic E-state index is 4.78. The summed E-state index contributed by atoms with van der Waals surface area (Å²) in [5.74, 6) is 0.972. The molecule has 0 radical (unpaired) electrons. The lowest BCUT2D eigenvalue weighted by atomic mass is 10.4. The van der Waals surface area contributed by atoms with Crippen LogP contribution in [0.15, 0.2) is 17.0 Å². The third-order valence-electron chi connectivity index (χ3n) is 1.18. The molecular weight excluding hydrogens is 102 g/mol. The first kappa shape index (κ1) is 5.35. The van der Waals surface area contributed by atoms with Crippen molar-refractivity contribution < 1.29 is 4.84 Å². The van der Waals surface area contributed by atoms with Gasteiger partial charge in [0, 0.05) is 13.1 Å². The van der Waals surface area contributed by atoms with Crippen LogP contribution >= 0.6 is 0 Å². The van der Waals surface area contributed by atoms with E-state index in [-0.39, 0.29) is 0 Å². The summed E-state index contributed by atoms with van der Waals surface area (Å²) in [4.78, 5) is 4.78. The summed E-state index contributed by atoms with van der Waals surface area (Å²) < 4.78 is 0. The first-order valence-electron chi connectivity index (χ1n) is 2.75. The van der Waals surface area contributed by atoms with Crippen molar-refractivity contribution in [3.63, 3.8) is 0 Å². The second-order valence-corrected chi connectivity index (χ2v) is 1.78. The van der Waals surface area contributed by atoms with Crippen molar-refractivity contribution in [3.05, 3.63) is 11.8 Å². The van der Waals surface area contributed by atoms with E-state index in [1.807, 2.05) is 0 Å². The van der Waals surface area contributed by atoms with Crippen molar-refractivity contribution >= 4 is 6.72 Å². The zero-order valence-electron chi connectivity index (χ0n) is 4.76. The predicted octanol–water partition coefficient (Wildman–Crippen LogP) is 1.69. The van der Waals surface area contributed by atoms with Gasteiger partial charge in [-0.15, -0.1) is 0 Å². The average molecular weight is 111 g/mol. The molecule has 0 N–H and O–H groups in total. The van der Waals surface area contributed by atoms with Crippen molar-refractivity contribution in [3.8, 4) is 0 Å². The quantitative estimate of drug-likeness (QED) is 0.392. The Balaban J connectivity index is 2.33. The van der Waals surface area contributed by atoms with Gasteiger partial charge in [-0.1, -0.05) is 5.16 Å². The zero-order chi connectivity index (χ0) is 5.82. The molecule has 0 aromatic heterocycles. The molecule has 0 heterocycles. The topological polar surface area (TPSA) is 21.6 Å². The van der Waals surface area contributed by atoms with Gasteiger partial charge in [-0.05, 0) is 18.9 Å². The van der Waals surface area contributed by atoms with E-state index in [1.54, 1.807) is 0 Å². The fourth-order valence-electron chi connectivity index (χ4n) is 0.807. The normalized spacial score (nSPS) is 17.8. The number of hydrogen-bond donors (Lipinski definition) is 0. The first-order chi connectivity index (χ1) is 3.93. The monoisotopic (exact) mass is 111 g/mol. The molecule has 0 aliphatic heterocycles. The highest BCUT2D eigenvalue weighted by Gasteiger charge is 2.03. The Kier molecular flexibility index (Phi) is 1.67. The molecule has 0 fully saturated rings. The lowest BCUT2D eigenvalue weighted by Gasteiger charge is -1.92. The van der Waals surface area contributed by atoms with E-state index in [0.29, 0.717) is 0 Å². The Morgan fingerprint density at radius 2 is 2.62 bits per heavy atom. The van der Waals surface area contributed by atoms with Crippen LogP contribution in [0.4, 0.5) is 0 Å². The zero-order valence-corrected chi connectivity index (χ0v) is 4.76. The minimum atomic E-state index is 0.972. The van der Waals surface area contributed by atoms with Crippen LogP contribution in [0.25, 0.3) is 0 Å². The molecule has 1 aliphatic carbocycles. The van der Waals surface area contributed by atoms with Gasteiger partial charge < -0.3 is 4.84 Å². The Morgan fingerprint density at radius 1 is 1.75 bits per heavy atom. The molecule has 0 aromatic carbocycles. The molecule has 0 saturated carbocycles. The van der Waals surface area contributed by atoms with E-state index in [9.17, 15) is 0 Å². The summed E-state index contributed by atoms with van der Waals surface area (Å²) in [7, 11) is 0. The molecule has 44 valence electrons. The fraction of sp³-hybridized carbons (Fsp3) is 0.500. The molecule has 8 heavy (non-hydrogen) atoms. The summed E-state index contributed by atoms with van der Waals surface area (Å²) in [6.45, 7) is 3.21. The standard InChI is InChI=1S/C6H9NO/c1-7-8-6-4-2-3-5-6/h4H,1-3,5H2. The Bertz CT molecular complexity index is 118. The second kappa shape index (κ2) is 2.50. The van der Waals surface area contributed by atoms with Crippen molar-refractivity contribution in [2.45, 2.75) is 19.3 Å². The van der Waals surface area contributed by atoms with Crippen LogP contribution < -0.4 is 0 Å². The number of hydrogen-bond acceptors (Lipinski definition) is 2. The Morgan fingerprint density at radius 3 is 3.12 bits per heavy atom. The Labute approximate surface area is 48.8 Å². The molecule has 2 heteroatoms.